The highest BCUT2D eigenvalue weighted by atomic mass is 32.2. The van der Waals surface area contributed by atoms with Crippen LogP contribution in [0.25, 0.3) is 0 Å². The Labute approximate surface area is 119 Å². The number of nitrogens with zero attached hydrogens (tertiary/aromatic N) is 1. The number of thioether (sulfide) groups is 1. The second-order valence-corrected chi connectivity index (χ2v) is 7.85. The quantitative estimate of drug-likeness (QED) is 0.836. The van der Waals surface area contributed by atoms with Crippen molar-refractivity contribution in [2.45, 2.75) is 46.2 Å². The minimum absolute atomic E-state index is 0.0230. The molecule has 1 N–H and O–H groups in total. The Morgan fingerprint density at radius 2 is 2.05 bits per heavy atom. The molecule has 0 aromatic heterocycles. The topological polar surface area (TPSA) is 49.4 Å². The van der Waals surface area contributed by atoms with E-state index in [1.165, 1.54) is 5.75 Å². The predicted molar refractivity (Wildman–Crippen MR) is 78.0 cm³/mol. The summed E-state index contributed by atoms with van der Waals surface area (Å²) in [6.07, 6.45) is 1.16. The van der Waals surface area contributed by atoms with Gasteiger partial charge in [0.05, 0.1) is 0 Å². The molecule has 108 valence electrons. The van der Waals surface area contributed by atoms with Crippen LogP contribution in [0.2, 0.25) is 0 Å². The van der Waals surface area contributed by atoms with Crippen molar-refractivity contribution in [1.82, 2.24) is 10.2 Å². The Kier molecular flexibility index (Phi) is 4.14. The average Bonchev–Trinajstić information content (AvgIpc) is 2.80. The number of carbonyl (C=O) groups is 2. The number of rotatable bonds is 2. The van der Waals surface area contributed by atoms with Crippen molar-refractivity contribution in [3.05, 3.63) is 0 Å². The van der Waals surface area contributed by atoms with Crippen LogP contribution in [-0.4, -0.2) is 46.8 Å². The molecule has 2 heterocycles. The third-order valence-corrected chi connectivity index (χ3v) is 5.24. The fourth-order valence-corrected chi connectivity index (χ4v) is 3.94. The van der Waals surface area contributed by atoms with Gasteiger partial charge in [0.1, 0.15) is 12.1 Å². The first kappa shape index (κ1) is 14.7. The molecule has 2 aliphatic heterocycles. The van der Waals surface area contributed by atoms with Crippen LogP contribution >= 0.6 is 11.8 Å². The molecule has 3 atom stereocenters. The highest BCUT2D eigenvalue weighted by molar-refractivity contribution is 7.99. The number of hydrogen-bond donors (Lipinski definition) is 1. The normalized spacial score (nSPS) is 32.6. The molecular formula is C14H24N2O2S. The molecule has 2 rings (SSSR count). The van der Waals surface area contributed by atoms with E-state index in [-0.39, 0.29) is 23.3 Å². The van der Waals surface area contributed by atoms with Gasteiger partial charge in [-0.15, -0.1) is 0 Å². The van der Waals surface area contributed by atoms with Gasteiger partial charge in [-0.3, -0.25) is 9.59 Å². The van der Waals surface area contributed by atoms with E-state index < -0.39 is 6.04 Å². The molecule has 2 amide bonds. The largest absolute Gasteiger partial charge is 0.342 e. The van der Waals surface area contributed by atoms with Gasteiger partial charge >= 0.3 is 0 Å². The highest BCUT2D eigenvalue weighted by Crippen LogP contribution is 2.29. The molecule has 2 aliphatic rings. The van der Waals surface area contributed by atoms with E-state index in [9.17, 15) is 9.59 Å². The van der Waals surface area contributed by atoms with Crippen molar-refractivity contribution in [2.75, 3.05) is 18.1 Å². The van der Waals surface area contributed by atoms with E-state index in [1.807, 2.05) is 39.5 Å². The van der Waals surface area contributed by atoms with Crippen LogP contribution in [0.1, 0.15) is 34.1 Å². The lowest BCUT2D eigenvalue weighted by atomic mass is 9.83. The second-order valence-electron chi connectivity index (χ2n) is 6.70. The van der Waals surface area contributed by atoms with E-state index in [2.05, 4.69) is 5.32 Å². The molecule has 2 saturated heterocycles. The van der Waals surface area contributed by atoms with Gasteiger partial charge in [-0.2, -0.15) is 11.8 Å². The predicted octanol–water partition coefficient (Wildman–Crippen LogP) is 1.50. The summed E-state index contributed by atoms with van der Waals surface area (Å²) in [7, 11) is 0. The number of nitrogens with one attached hydrogen (secondary N) is 1. The zero-order valence-corrected chi connectivity index (χ0v) is 13.0. The highest BCUT2D eigenvalue weighted by Gasteiger charge is 2.44. The fraction of sp³-hybridized carbons (Fsp3) is 0.857. The van der Waals surface area contributed by atoms with Crippen molar-refractivity contribution < 1.29 is 9.59 Å². The van der Waals surface area contributed by atoms with Crippen LogP contribution in [0.15, 0.2) is 0 Å². The molecule has 19 heavy (non-hydrogen) atoms. The molecule has 2 fully saturated rings. The molecule has 0 aliphatic carbocycles. The van der Waals surface area contributed by atoms with E-state index >= 15 is 0 Å². The van der Waals surface area contributed by atoms with Crippen molar-refractivity contribution in [1.29, 1.82) is 0 Å². The van der Waals surface area contributed by atoms with Crippen molar-refractivity contribution >= 4 is 23.6 Å². The van der Waals surface area contributed by atoms with E-state index in [4.69, 9.17) is 0 Å². The zero-order valence-electron chi connectivity index (χ0n) is 12.2. The zero-order chi connectivity index (χ0) is 14.2. The monoisotopic (exact) mass is 284 g/mol. The van der Waals surface area contributed by atoms with Gasteiger partial charge in [0.25, 0.3) is 0 Å². The standard InChI is InChI=1S/C14H24N2O2S/c1-9-12(17)15-11(14(2,3)4)13(18)16(9)7-10-5-6-19-8-10/h9-11H,5-8H2,1-4H3,(H,15,17). The number of carbonyl (C=O) groups excluding carboxylic acids is 2. The van der Waals surface area contributed by atoms with Crippen LogP contribution in [0.3, 0.4) is 0 Å². The molecule has 0 bridgehead atoms. The van der Waals surface area contributed by atoms with Gasteiger partial charge in [-0.1, -0.05) is 20.8 Å². The third-order valence-electron chi connectivity index (χ3n) is 4.01. The molecule has 5 heteroatoms. The molecule has 4 nitrogen and oxygen atoms in total. The lowest BCUT2D eigenvalue weighted by Crippen LogP contribution is -2.66. The van der Waals surface area contributed by atoms with E-state index in [0.29, 0.717) is 5.92 Å². The first-order chi connectivity index (χ1) is 8.80. The maximum absolute atomic E-state index is 12.6. The van der Waals surface area contributed by atoms with Gasteiger partial charge in [-0.25, -0.2) is 0 Å². The Morgan fingerprint density at radius 3 is 2.58 bits per heavy atom. The summed E-state index contributed by atoms with van der Waals surface area (Å²) in [6, 6.07) is -0.734. The molecular weight excluding hydrogens is 260 g/mol. The second kappa shape index (κ2) is 5.35. The lowest BCUT2D eigenvalue weighted by molar-refractivity contribution is -0.152. The fourth-order valence-electron chi connectivity index (χ4n) is 2.66. The van der Waals surface area contributed by atoms with Gasteiger partial charge in [0.2, 0.25) is 11.8 Å². The maximum Gasteiger partial charge on any atom is 0.246 e. The van der Waals surface area contributed by atoms with Crippen molar-refractivity contribution in [3.8, 4) is 0 Å². The SMILES string of the molecule is CC1C(=O)NC(C(C)(C)C)C(=O)N1CC1CCSC1. The minimum Gasteiger partial charge on any atom is -0.342 e. The molecule has 0 spiro atoms. The molecule has 0 aromatic rings. The summed E-state index contributed by atoms with van der Waals surface area (Å²) >= 11 is 1.94. The Morgan fingerprint density at radius 1 is 1.37 bits per heavy atom. The van der Waals surface area contributed by atoms with Gasteiger partial charge in [0, 0.05) is 6.54 Å². The molecule has 0 radical (unpaired) electrons. The first-order valence-electron chi connectivity index (χ1n) is 6.99. The number of piperazine rings is 1. The van der Waals surface area contributed by atoms with E-state index in [0.717, 1.165) is 18.7 Å². The Hall–Kier alpha value is -0.710. The van der Waals surface area contributed by atoms with Crippen molar-refractivity contribution in [2.24, 2.45) is 11.3 Å². The minimum atomic E-state index is -0.398. The van der Waals surface area contributed by atoms with Gasteiger partial charge < -0.3 is 10.2 Å². The van der Waals surface area contributed by atoms with Gasteiger partial charge in [0.15, 0.2) is 0 Å². The van der Waals surface area contributed by atoms with Gasteiger partial charge in [-0.05, 0) is 36.2 Å². The summed E-state index contributed by atoms with van der Waals surface area (Å²) in [5.74, 6) is 2.89. The molecule has 0 saturated carbocycles. The summed E-state index contributed by atoms with van der Waals surface area (Å²) in [6.45, 7) is 8.54. The third kappa shape index (κ3) is 3.07. The summed E-state index contributed by atoms with van der Waals surface area (Å²) in [4.78, 5) is 26.5. The van der Waals surface area contributed by atoms with Crippen LogP contribution in [-0.2, 0) is 9.59 Å². The average molecular weight is 284 g/mol. The van der Waals surface area contributed by atoms with Crippen LogP contribution in [0, 0.1) is 11.3 Å². The summed E-state index contributed by atoms with van der Waals surface area (Å²) in [5.41, 5.74) is -0.241. The Bertz CT molecular complexity index is 372. The van der Waals surface area contributed by atoms with Crippen LogP contribution in [0.5, 0.6) is 0 Å². The summed E-state index contributed by atoms with van der Waals surface area (Å²) in [5, 5.41) is 2.88. The Balaban J connectivity index is 2.14. The first-order valence-corrected chi connectivity index (χ1v) is 8.15. The lowest BCUT2D eigenvalue weighted by Gasteiger charge is -2.43. The van der Waals surface area contributed by atoms with E-state index in [1.54, 1.807) is 4.90 Å². The number of hydrogen-bond acceptors (Lipinski definition) is 3. The number of amides is 2. The van der Waals surface area contributed by atoms with Crippen LogP contribution in [0.4, 0.5) is 0 Å². The molecule has 0 aromatic carbocycles. The molecule has 3 unspecified atom stereocenters. The summed E-state index contributed by atoms with van der Waals surface area (Å²) < 4.78 is 0. The smallest absolute Gasteiger partial charge is 0.246 e. The maximum atomic E-state index is 12.6. The van der Waals surface area contributed by atoms with Crippen LogP contribution < -0.4 is 5.32 Å². The van der Waals surface area contributed by atoms with Crippen molar-refractivity contribution in [3.63, 3.8) is 0 Å².